The van der Waals surface area contributed by atoms with E-state index in [1.807, 2.05) is 18.2 Å². The summed E-state index contributed by atoms with van der Waals surface area (Å²) in [6.07, 6.45) is 0.280. The molecule has 11 nitrogen and oxygen atoms in total. The Hall–Kier alpha value is -3.22. The normalized spacial score (nSPS) is 18.1. The van der Waals surface area contributed by atoms with Gasteiger partial charge >= 0.3 is 11.8 Å². The lowest BCUT2D eigenvalue weighted by atomic mass is 10.0. The summed E-state index contributed by atoms with van der Waals surface area (Å²) in [7, 11) is 1.23. The van der Waals surface area contributed by atoms with Gasteiger partial charge < -0.3 is 30.2 Å². The lowest BCUT2D eigenvalue weighted by molar-refractivity contribution is -0.386. The fourth-order valence-corrected chi connectivity index (χ4v) is 4.05. The second kappa shape index (κ2) is 13.2. The predicted octanol–water partition coefficient (Wildman–Crippen LogP) is 3.41. The van der Waals surface area contributed by atoms with Crippen molar-refractivity contribution in [3.05, 3.63) is 62.6 Å². The van der Waals surface area contributed by atoms with E-state index in [9.17, 15) is 19.7 Å². The number of benzene rings is 2. The first kappa shape index (κ1) is 27.4. The van der Waals surface area contributed by atoms with Gasteiger partial charge in [-0.15, -0.1) is 0 Å². The van der Waals surface area contributed by atoms with Crippen molar-refractivity contribution in [1.82, 2.24) is 10.6 Å². The quantitative estimate of drug-likeness (QED) is 0.294. The Labute approximate surface area is 217 Å². The number of ether oxygens (including phenoxy) is 3. The summed E-state index contributed by atoms with van der Waals surface area (Å²) < 4.78 is 17.0. The number of nitro benzene ring substituents is 1. The third-order valence-electron chi connectivity index (χ3n) is 5.60. The van der Waals surface area contributed by atoms with Crippen LogP contribution in [0.25, 0.3) is 0 Å². The molecule has 0 radical (unpaired) electrons. The molecule has 1 saturated heterocycles. The van der Waals surface area contributed by atoms with Crippen molar-refractivity contribution in [2.75, 3.05) is 32.1 Å². The number of alkyl carbamates (subject to hydrolysis) is 1. The fourth-order valence-electron chi connectivity index (χ4n) is 3.70. The molecule has 2 aromatic carbocycles. The van der Waals surface area contributed by atoms with Gasteiger partial charge in [0.05, 0.1) is 18.1 Å². The zero-order valence-electron chi connectivity index (χ0n) is 20.0. The number of nitro groups is 1. The first-order valence-electron chi connectivity index (χ1n) is 11.4. The van der Waals surface area contributed by atoms with E-state index in [0.29, 0.717) is 36.1 Å². The summed E-state index contributed by atoms with van der Waals surface area (Å²) >= 11 is 3.23. The Morgan fingerprint density at radius 2 is 2.00 bits per heavy atom. The van der Waals surface area contributed by atoms with Gasteiger partial charge in [0, 0.05) is 29.3 Å². The van der Waals surface area contributed by atoms with Crippen LogP contribution in [0.4, 0.5) is 16.2 Å². The predicted molar refractivity (Wildman–Crippen MR) is 136 cm³/mol. The van der Waals surface area contributed by atoms with Crippen molar-refractivity contribution in [2.45, 2.75) is 38.0 Å². The van der Waals surface area contributed by atoms with Crippen LogP contribution in [0.2, 0.25) is 0 Å². The topological polar surface area (TPSA) is 141 Å². The SMILES string of the molecule is COC(=O)NC(C)C(=O)Nc1ccccc1CCC1CNCC(COc2ccc(Br)cc2[N+](=O)[O-])O1. The van der Waals surface area contributed by atoms with Crippen molar-refractivity contribution in [1.29, 1.82) is 0 Å². The Morgan fingerprint density at radius 1 is 1.25 bits per heavy atom. The highest BCUT2D eigenvalue weighted by Crippen LogP contribution is 2.30. The number of morpholine rings is 1. The number of nitrogens with zero attached hydrogens (tertiary/aromatic N) is 1. The maximum absolute atomic E-state index is 12.5. The van der Waals surface area contributed by atoms with Gasteiger partial charge in [-0.05, 0) is 43.5 Å². The average Bonchev–Trinajstić information content (AvgIpc) is 2.87. The van der Waals surface area contributed by atoms with Gasteiger partial charge in [0.1, 0.15) is 18.8 Å². The number of carbonyl (C=O) groups excluding carboxylic acids is 2. The molecule has 3 rings (SSSR count). The molecule has 0 saturated carbocycles. The lowest BCUT2D eigenvalue weighted by Crippen LogP contribution is -2.47. The molecule has 3 atom stereocenters. The summed E-state index contributed by atoms with van der Waals surface area (Å²) in [5.74, 6) is -0.169. The maximum atomic E-state index is 12.5. The van der Waals surface area contributed by atoms with E-state index >= 15 is 0 Å². The molecule has 0 bridgehead atoms. The molecule has 2 aromatic rings. The first-order chi connectivity index (χ1) is 17.3. The van der Waals surface area contributed by atoms with E-state index in [1.54, 1.807) is 25.1 Å². The van der Waals surface area contributed by atoms with E-state index in [4.69, 9.17) is 9.47 Å². The fraction of sp³-hybridized carbons (Fsp3) is 0.417. The molecule has 1 aliphatic rings. The number of hydrogen-bond acceptors (Lipinski definition) is 8. The van der Waals surface area contributed by atoms with Crippen molar-refractivity contribution in [3.63, 3.8) is 0 Å². The van der Waals surface area contributed by atoms with Crippen molar-refractivity contribution < 1.29 is 28.7 Å². The van der Waals surface area contributed by atoms with Crippen molar-refractivity contribution in [3.8, 4) is 5.75 Å². The number of para-hydroxylation sites is 1. The molecule has 1 fully saturated rings. The summed E-state index contributed by atoms with van der Waals surface area (Å²) in [6.45, 7) is 2.97. The zero-order valence-corrected chi connectivity index (χ0v) is 21.6. The van der Waals surface area contributed by atoms with Gasteiger partial charge in [-0.25, -0.2) is 4.79 Å². The van der Waals surface area contributed by atoms with Gasteiger partial charge in [-0.1, -0.05) is 34.1 Å². The average molecular weight is 565 g/mol. The van der Waals surface area contributed by atoms with Gasteiger partial charge in [-0.2, -0.15) is 0 Å². The largest absolute Gasteiger partial charge is 0.484 e. The molecule has 0 aromatic heterocycles. The molecule has 1 aliphatic heterocycles. The van der Waals surface area contributed by atoms with E-state index in [2.05, 4.69) is 36.6 Å². The summed E-state index contributed by atoms with van der Waals surface area (Å²) in [5, 5.41) is 19.9. The number of methoxy groups -OCH3 is 1. The number of hydrogen-bond donors (Lipinski definition) is 3. The molecule has 194 valence electrons. The van der Waals surface area contributed by atoms with E-state index in [0.717, 1.165) is 5.56 Å². The molecule has 0 aliphatic carbocycles. The van der Waals surface area contributed by atoms with Crippen LogP contribution in [0.15, 0.2) is 46.9 Å². The van der Waals surface area contributed by atoms with Crippen LogP contribution >= 0.6 is 15.9 Å². The minimum Gasteiger partial charge on any atom is -0.484 e. The van der Waals surface area contributed by atoms with E-state index < -0.39 is 17.1 Å². The van der Waals surface area contributed by atoms with Crippen molar-refractivity contribution >= 4 is 39.3 Å². The third-order valence-corrected chi connectivity index (χ3v) is 6.09. The van der Waals surface area contributed by atoms with Crippen LogP contribution in [-0.2, 0) is 20.7 Å². The van der Waals surface area contributed by atoms with Crippen LogP contribution in [0, 0.1) is 10.1 Å². The van der Waals surface area contributed by atoms with Crippen LogP contribution in [0.3, 0.4) is 0 Å². The highest BCUT2D eigenvalue weighted by molar-refractivity contribution is 9.10. The molecule has 2 amide bonds. The molecule has 3 unspecified atom stereocenters. The second-order valence-electron chi connectivity index (χ2n) is 8.26. The number of amides is 2. The maximum Gasteiger partial charge on any atom is 0.407 e. The van der Waals surface area contributed by atoms with E-state index in [-0.39, 0.29) is 36.2 Å². The van der Waals surface area contributed by atoms with Gasteiger partial charge in [0.25, 0.3) is 0 Å². The first-order valence-corrected chi connectivity index (χ1v) is 12.2. The number of halogens is 1. The van der Waals surface area contributed by atoms with Crippen LogP contribution in [0.5, 0.6) is 5.75 Å². The molecular weight excluding hydrogens is 536 g/mol. The van der Waals surface area contributed by atoms with Gasteiger partial charge in [-0.3, -0.25) is 14.9 Å². The lowest BCUT2D eigenvalue weighted by Gasteiger charge is -2.31. The highest BCUT2D eigenvalue weighted by Gasteiger charge is 2.25. The third kappa shape index (κ3) is 7.90. The molecule has 12 heteroatoms. The standard InChI is InChI=1S/C24H29BrN4O7/c1-15(27-24(31)34-2)23(30)28-20-6-4-3-5-16(20)7-9-18-12-26-13-19(36-18)14-35-22-10-8-17(25)11-21(22)29(32)33/h3-6,8,10-11,15,18-19,26H,7,9,12-14H2,1-2H3,(H,27,31)(H,28,30). The Balaban J connectivity index is 1.53. The Kier molecular flexibility index (Phi) is 10.0. The minimum absolute atomic E-state index is 0.101. The zero-order chi connectivity index (χ0) is 26.1. The number of nitrogens with one attached hydrogen (secondary N) is 3. The summed E-state index contributed by atoms with van der Waals surface area (Å²) in [4.78, 5) is 34.6. The number of carbonyl (C=O) groups is 2. The molecule has 0 spiro atoms. The van der Waals surface area contributed by atoms with Gasteiger partial charge in [0.15, 0.2) is 5.75 Å². The second-order valence-corrected chi connectivity index (χ2v) is 9.18. The van der Waals surface area contributed by atoms with Gasteiger partial charge in [0.2, 0.25) is 5.91 Å². The summed E-state index contributed by atoms with van der Waals surface area (Å²) in [5.41, 5.74) is 1.48. The highest BCUT2D eigenvalue weighted by atomic mass is 79.9. The Morgan fingerprint density at radius 3 is 2.75 bits per heavy atom. The van der Waals surface area contributed by atoms with Crippen molar-refractivity contribution in [2.24, 2.45) is 0 Å². The minimum atomic E-state index is -0.765. The molecule has 36 heavy (non-hydrogen) atoms. The number of rotatable bonds is 10. The number of aryl methyl sites for hydroxylation is 1. The molecule has 3 N–H and O–H groups in total. The van der Waals surface area contributed by atoms with Crippen LogP contribution < -0.4 is 20.7 Å². The molecule has 1 heterocycles. The monoisotopic (exact) mass is 564 g/mol. The molecular formula is C24H29BrN4O7. The Bertz CT molecular complexity index is 1080. The van der Waals surface area contributed by atoms with E-state index in [1.165, 1.54) is 13.2 Å². The number of anilines is 1. The van der Waals surface area contributed by atoms with Crippen LogP contribution in [0.1, 0.15) is 18.9 Å². The smallest absolute Gasteiger partial charge is 0.407 e. The van der Waals surface area contributed by atoms with Crippen LogP contribution in [-0.4, -0.2) is 62.0 Å². The summed E-state index contributed by atoms with van der Waals surface area (Å²) in [6, 6.07) is 11.3.